The summed E-state index contributed by atoms with van der Waals surface area (Å²) < 4.78 is 41.5. The molecule has 260 valence electrons. The third kappa shape index (κ3) is 6.32. The summed E-state index contributed by atoms with van der Waals surface area (Å²) in [5, 5.41) is 11.6. The van der Waals surface area contributed by atoms with Crippen molar-refractivity contribution in [1.82, 2.24) is 9.62 Å². The first-order chi connectivity index (χ1) is 22.9. The third-order valence-corrected chi connectivity index (χ3v) is 14.0. The van der Waals surface area contributed by atoms with Crippen LogP contribution in [0.5, 0.6) is 5.75 Å². The first-order valence-electron chi connectivity index (χ1n) is 17.4. The molecule has 2 aromatic carbocycles. The Balaban J connectivity index is 1.28. The number of rotatable bonds is 1. The lowest BCUT2D eigenvalue weighted by Gasteiger charge is -2.47. The maximum absolute atomic E-state index is 13.6. The molecule has 0 aromatic heterocycles. The van der Waals surface area contributed by atoms with Gasteiger partial charge in [0.25, 0.3) is 5.91 Å². The quantitative estimate of drug-likeness (QED) is 0.452. The Kier molecular flexibility index (Phi) is 9.19. The highest BCUT2D eigenvalue weighted by Crippen LogP contribution is 2.47. The van der Waals surface area contributed by atoms with Crippen LogP contribution >= 0.6 is 11.6 Å². The number of nitrogens with zero attached hydrogens (tertiary/aromatic N) is 2. The van der Waals surface area contributed by atoms with Crippen LogP contribution in [0.3, 0.4) is 0 Å². The summed E-state index contributed by atoms with van der Waals surface area (Å²) in [6, 6.07) is 10.9. The van der Waals surface area contributed by atoms with Crippen molar-refractivity contribution in [3.63, 3.8) is 0 Å². The molecule has 2 fully saturated rings. The average Bonchev–Trinajstić information content (AvgIpc) is 3.18. The number of anilines is 1. The minimum Gasteiger partial charge on any atom is -0.490 e. The van der Waals surface area contributed by atoms with Gasteiger partial charge in [-0.25, -0.2) is 13.1 Å². The van der Waals surface area contributed by atoms with E-state index in [1.54, 1.807) is 30.0 Å². The molecule has 0 radical (unpaired) electrons. The van der Waals surface area contributed by atoms with Gasteiger partial charge in [-0.3, -0.25) is 9.59 Å². The first kappa shape index (κ1) is 33.6. The number of carbonyl (C=O) groups excluding carboxylic acids is 2. The SMILES string of the molecule is C[C@@H]1[C@@H](C)C[C@@H](N2CCOCC2=O)C[C@H](O)[C@@H]2CC[C@H]2CN2C[C@@]3(CCCc4cc(Cl)ccc43)COc3ccc(cc32)C(=O)NS1(=O)=O. The second kappa shape index (κ2) is 13.1. The zero-order chi connectivity index (χ0) is 33.8. The number of aliphatic hydroxyl groups is 1. The number of fused-ring (bicyclic) bond motifs is 4. The molecule has 3 aliphatic heterocycles. The number of nitrogens with one attached hydrogen (secondary N) is 1. The minimum absolute atomic E-state index is 0.0227. The van der Waals surface area contributed by atoms with Crippen LogP contribution in [0.15, 0.2) is 36.4 Å². The number of hydrogen-bond acceptors (Lipinski definition) is 8. The van der Waals surface area contributed by atoms with E-state index in [0.29, 0.717) is 56.5 Å². The first-order valence-corrected chi connectivity index (χ1v) is 19.3. The Morgan fingerprint density at radius 2 is 1.92 bits per heavy atom. The molecule has 2 amide bonds. The lowest BCUT2D eigenvalue weighted by atomic mass is 9.67. The number of ether oxygens (including phenoxy) is 2. The Morgan fingerprint density at radius 3 is 2.69 bits per heavy atom. The van der Waals surface area contributed by atoms with Gasteiger partial charge in [0.2, 0.25) is 15.9 Å². The Morgan fingerprint density at radius 1 is 1.08 bits per heavy atom. The molecule has 2 N–H and O–H groups in total. The molecule has 2 aromatic rings. The zero-order valence-electron chi connectivity index (χ0n) is 27.7. The molecular weight excluding hydrogens is 654 g/mol. The van der Waals surface area contributed by atoms with Crippen molar-refractivity contribution in [2.75, 3.05) is 44.4 Å². The smallest absolute Gasteiger partial charge is 0.264 e. The summed E-state index contributed by atoms with van der Waals surface area (Å²) in [6.07, 6.45) is 4.79. The molecule has 7 rings (SSSR count). The summed E-state index contributed by atoms with van der Waals surface area (Å²) in [7, 11) is -4.07. The van der Waals surface area contributed by atoms with Gasteiger partial charge in [0.05, 0.1) is 30.3 Å². The Bertz CT molecular complexity index is 1690. The van der Waals surface area contributed by atoms with Gasteiger partial charge in [0.1, 0.15) is 12.4 Å². The van der Waals surface area contributed by atoms with E-state index in [4.69, 9.17) is 21.1 Å². The summed E-state index contributed by atoms with van der Waals surface area (Å²) in [5.74, 6) is -0.354. The second-order valence-corrected chi connectivity index (χ2v) is 17.3. The zero-order valence-corrected chi connectivity index (χ0v) is 29.3. The van der Waals surface area contributed by atoms with Gasteiger partial charge in [0, 0.05) is 41.7 Å². The molecular formula is C36H46ClN3O7S. The lowest BCUT2D eigenvalue weighted by Crippen LogP contribution is -2.53. The van der Waals surface area contributed by atoms with Gasteiger partial charge in [-0.05, 0) is 111 Å². The predicted molar refractivity (Wildman–Crippen MR) is 183 cm³/mol. The fourth-order valence-electron chi connectivity index (χ4n) is 8.79. The predicted octanol–water partition coefficient (Wildman–Crippen LogP) is 4.31. The van der Waals surface area contributed by atoms with Crippen LogP contribution in [0.4, 0.5) is 5.69 Å². The van der Waals surface area contributed by atoms with Crippen LogP contribution in [-0.4, -0.2) is 87.1 Å². The number of sulfonamides is 1. The Hall–Kier alpha value is -2.86. The van der Waals surface area contributed by atoms with E-state index in [0.717, 1.165) is 37.8 Å². The fourth-order valence-corrected chi connectivity index (χ4v) is 10.3. The van der Waals surface area contributed by atoms with Crippen LogP contribution < -0.4 is 14.4 Å². The second-order valence-electron chi connectivity index (χ2n) is 14.8. The Labute approximate surface area is 288 Å². The van der Waals surface area contributed by atoms with Crippen molar-refractivity contribution < 1.29 is 32.6 Å². The summed E-state index contributed by atoms with van der Waals surface area (Å²) in [6.45, 7) is 5.97. The molecule has 1 saturated heterocycles. The van der Waals surface area contributed by atoms with E-state index < -0.39 is 33.2 Å². The molecule has 1 saturated carbocycles. The molecule has 10 nitrogen and oxygen atoms in total. The van der Waals surface area contributed by atoms with Gasteiger partial charge in [-0.1, -0.05) is 24.6 Å². The van der Waals surface area contributed by atoms with Gasteiger partial charge >= 0.3 is 0 Å². The van der Waals surface area contributed by atoms with Crippen molar-refractivity contribution in [3.05, 3.63) is 58.1 Å². The van der Waals surface area contributed by atoms with Crippen LogP contribution in [0.1, 0.15) is 73.9 Å². The van der Waals surface area contributed by atoms with E-state index in [1.165, 1.54) is 11.1 Å². The van der Waals surface area contributed by atoms with E-state index in [2.05, 4.69) is 21.8 Å². The van der Waals surface area contributed by atoms with Crippen molar-refractivity contribution in [2.24, 2.45) is 17.8 Å². The van der Waals surface area contributed by atoms with Crippen molar-refractivity contribution in [1.29, 1.82) is 0 Å². The molecule has 2 aliphatic carbocycles. The maximum Gasteiger partial charge on any atom is 0.264 e. The van der Waals surface area contributed by atoms with Crippen molar-refractivity contribution in [3.8, 4) is 5.75 Å². The monoisotopic (exact) mass is 699 g/mol. The van der Waals surface area contributed by atoms with E-state index >= 15 is 0 Å². The number of morpholine rings is 1. The topological polar surface area (TPSA) is 125 Å². The molecule has 0 unspecified atom stereocenters. The molecule has 3 heterocycles. The summed E-state index contributed by atoms with van der Waals surface area (Å²) in [5.41, 5.74) is 3.14. The van der Waals surface area contributed by atoms with Crippen molar-refractivity contribution in [2.45, 2.75) is 81.6 Å². The number of aryl methyl sites for hydroxylation is 1. The standard InChI is InChI=1S/C36H46ClN3O7S/c1-22-14-28(40-12-13-46-19-34(40)42)17-32(41)29-8-5-26(29)18-39-20-36(11-3-4-24-15-27(37)7-9-30(24)36)21-47-33-10-6-25(16-31(33)39)35(43)38-48(44,45)23(22)2/h6-7,9-10,15-16,22-23,26,28-29,32,41H,3-5,8,11-14,17-21H2,1-2H3,(H,38,43)/t22-,23+,26-,28+,29+,32-,36-/m0/s1. The van der Waals surface area contributed by atoms with E-state index in [9.17, 15) is 23.1 Å². The fraction of sp³-hybridized carbons (Fsp3) is 0.611. The number of halogens is 1. The highest BCUT2D eigenvalue weighted by Gasteiger charge is 2.45. The van der Waals surface area contributed by atoms with Crippen LogP contribution in [0, 0.1) is 17.8 Å². The molecule has 1 spiro atoms. The maximum atomic E-state index is 13.6. The van der Waals surface area contributed by atoms with Gasteiger partial charge in [-0.2, -0.15) is 0 Å². The molecule has 2 bridgehead atoms. The molecule has 48 heavy (non-hydrogen) atoms. The summed E-state index contributed by atoms with van der Waals surface area (Å²) in [4.78, 5) is 30.7. The highest BCUT2D eigenvalue weighted by molar-refractivity contribution is 7.90. The van der Waals surface area contributed by atoms with Gasteiger partial charge < -0.3 is 24.4 Å². The highest BCUT2D eigenvalue weighted by atomic mass is 35.5. The number of aliphatic hydroxyl groups excluding tert-OH is 1. The number of carbonyl (C=O) groups is 2. The number of hydrogen-bond donors (Lipinski definition) is 2. The number of amides is 2. The average molecular weight is 700 g/mol. The van der Waals surface area contributed by atoms with E-state index in [1.807, 2.05) is 13.0 Å². The van der Waals surface area contributed by atoms with Crippen molar-refractivity contribution >= 4 is 39.1 Å². The van der Waals surface area contributed by atoms with Gasteiger partial charge in [-0.15, -0.1) is 0 Å². The molecule has 7 atom stereocenters. The third-order valence-electron chi connectivity index (χ3n) is 11.9. The van der Waals surface area contributed by atoms with Crippen LogP contribution in [0.25, 0.3) is 0 Å². The largest absolute Gasteiger partial charge is 0.490 e. The molecule has 12 heteroatoms. The van der Waals surface area contributed by atoms with E-state index in [-0.39, 0.29) is 41.4 Å². The van der Waals surface area contributed by atoms with Crippen LogP contribution in [-0.2, 0) is 31.4 Å². The lowest BCUT2D eigenvalue weighted by molar-refractivity contribution is -0.147. The summed E-state index contributed by atoms with van der Waals surface area (Å²) >= 11 is 6.42. The number of benzene rings is 2. The normalized spacial score (nSPS) is 33.8. The minimum atomic E-state index is -4.07. The van der Waals surface area contributed by atoms with Gasteiger partial charge in [0.15, 0.2) is 0 Å². The molecule has 5 aliphatic rings. The van der Waals surface area contributed by atoms with Crippen LogP contribution in [0.2, 0.25) is 5.02 Å².